The van der Waals surface area contributed by atoms with Crippen molar-refractivity contribution in [3.8, 4) is 0 Å². The van der Waals surface area contributed by atoms with Gasteiger partial charge in [-0.25, -0.2) is 4.79 Å². The average molecular weight is 199 g/mol. The minimum atomic E-state index is -0.999. The van der Waals surface area contributed by atoms with Crippen LogP contribution in [0, 0.1) is 6.92 Å². The zero-order chi connectivity index (χ0) is 9.84. The third-order valence-electron chi connectivity index (χ3n) is 1.52. The van der Waals surface area contributed by atoms with E-state index in [2.05, 4.69) is 0 Å². The molecule has 1 rings (SSSR count). The Kier molecular flexibility index (Phi) is 3.02. The molecule has 0 amide bonds. The van der Waals surface area contributed by atoms with Crippen molar-refractivity contribution >= 4 is 17.3 Å². The third kappa shape index (κ3) is 2.55. The highest BCUT2D eigenvalue weighted by Crippen LogP contribution is 1.98. The molecule has 0 fully saturated rings. The summed E-state index contributed by atoms with van der Waals surface area (Å²) >= 11 is 1.12. The van der Waals surface area contributed by atoms with Crippen LogP contribution in [0.15, 0.2) is 22.3 Å². The Labute approximate surface area is 78.8 Å². The fourth-order valence-electron chi connectivity index (χ4n) is 0.884. The quantitative estimate of drug-likeness (QED) is 0.734. The van der Waals surface area contributed by atoms with Gasteiger partial charge in [0.05, 0.1) is 0 Å². The zero-order valence-electron chi connectivity index (χ0n) is 7.06. The third-order valence-corrected chi connectivity index (χ3v) is 2.41. The minimum absolute atomic E-state index is 0.0625. The number of aliphatic carboxylic acids is 1. The van der Waals surface area contributed by atoms with Crippen LogP contribution in [0.2, 0.25) is 0 Å². The van der Waals surface area contributed by atoms with Gasteiger partial charge in [-0.3, -0.25) is 9.36 Å². The monoisotopic (exact) mass is 199 g/mol. The lowest BCUT2D eigenvalue weighted by Crippen LogP contribution is -2.13. The van der Waals surface area contributed by atoms with E-state index in [0.29, 0.717) is 6.54 Å². The summed E-state index contributed by atoms with van der Waals surface area (Å²) in [5.74, 6) is -0.999. The molecule has 1 aromatic rings. The lowest BCUT2D eigenvalue weighted by Gasteiger charge is -1.97. The average Bonchev–Trinajstić information content (AvgIpc) is 2.34. The summed E-state index contributed by atoms with van der Waals surface area (Å²) in [6.45, 7) is 2.13. The van der Waals surface area contributed by atoms with Crippen molar-refractivity contribution in [2.75, 3.05) is 0 Å². The molecular formula is C8H9NO3S. The second kappa shape index (κ2) is 4.04. The summed E-state index contributed by atoms with van der Waals surface area (Å²) in [4.78, 5) is 21.2. The number of hydrogen-bond donors (Lipinski definition) is 1. The molecule has 1 N–H and O–H groups in total. The first kappa shape index (κ1) is 9.73. The Morgan fingerprint density at radius 3 is 2.92 bits per heavy atom. The molecule has 0 aromatic carbocycles. The van der Waals surface area contributed by atoms with E-state index in [1.54, 1.807) is 5.38 Å². The fraction of sp³-hybridized carbons (Fsp3) is 0.250. The Morgan fingerprint density at radius 2 is 2.46 bits per heavy atom. The highest BCUT2D eigenvalue weighted by Gasteiger charge is 1.99. The smallest absolute Gasteiger partial charge is 0.328 e. The van der Waals surface area contributed by atoms with Crippen molar-refractivity contribution < 1.29 is 9.90 Å². The van der Waals surface area contributed by atoms with E-state index in [4.69, 9.17) is 5.11 Å². The summed E-state index contributed by atoms with van der Waals surface area (Å²) in [5.41, 5.74) is 0.852. The largest absolute Gasteiger partial charge is 0.478 e. The lowest BCUT2D eigenvalue weighted by molar-refractivity contribution is -0.131. The van der Waals surface area contributed by atoms with E-state index < -0.39 is 5.97 Å². The molecule has 1 aromatic heterocycles. The van der Waals surface area contributed by atoms with Gasteiger partial charge in [-0.2, -0.15) is 0 Å². The fourth-order valence-corrected chi connectivity index (χ4v) is 1.63. The highest BCUT2D eigenvalue weighted by molar-refractivity contribution is 7.07. The van der Waals surface area contributed by atoms with Gasteiger partial charge in [0.15, 0.2) is 0 Å². The molecule has 5 heteroatoms. The number of hydrogen-bond acceptors (Lipinski definition) is 3. The number of nitrogens with zero attached hydrogens (tertiary/aromatic N) is 1. The summed E-state index contributed by atoms with van der Waals surface area (Å²) in [6.07, 6.45) is 2.48. The van der Waals surface area contributed by atoms with Crippen LogP contribution in [-0.2, 0) is 11.3 Å². The van der Waals surface area contributed by atoms with Crippen LogP contribution >= 0.6 is 11.3 Å². The number of allylic oxidation sites excluding steroid dienone is 1. The Morgan fingerprint density at radius 1 is 1.77 bits per heavy atom. The normalized spacial score (nSPS) is 10.8. The van der Waals surface area contributed by atoms with Crippen molar-refractivity contribution in [3.05, 3.63) is 32.9 Å². The molecule has 0 aliphatic rings. The second-order valence-corrected chi connectivity index (χ2v) is 3.31. The van der Waals surface area contributed by atoms with Gasteiger partial charge in [0.25, 0.3) is 0 Å². The molecule has 0 saturated heterocycles. The second-order valence-electron chi connectivity index (χ2n) is 2.49. The van der Waals surface area contributed by atoms with E-state index in [1.807, 2.05) is 6.92 Å². The molecule has 0 bridgehead atoms. The minimum Gasteiger partial charge on any atom is -0.478 e. The maximum Gasteiger partial charge on any atom is 0.328 e. The molecule has 1 heterocycles. The lowest BCUT2D eigenvalue weighted by atomic mass is 10.4. The van der Waals surface area contributed by atoms with E-state index in [0.717, 1.165) is 23.1 Å². The van der Waals surface area contributed by atoms with Gasteiger partial charge in [-0.05, 0) is 6.92 Å². The topological polar surface area (TPSA) is 59.3 Å². The zero-order valence-corrected chi connectivity index (χ0v) is 7.87. The van der Waals surface area contributed by atoms with E-state index >= 15 is 0 Å². The number of aryl methyl sites for hydroxylation is 1. The van der Waals surface area contributed by atoms with E-state index in [-0.39, 0.29) is 4.87 Å². The maximum atomic E-state index is 11.1. The molecule has 0 aliphatic heterocycles. The van der Waals surface area contributed by atoms with Crippen LogP contribution in [0.3, 0.4) is 0 Å². The summed E-state index contributed by atoms with van der Waals surface area (Å²) in [7, 11) is 0. The van der Waals surface area contributed by atoms with E-state index in [1.165, 1.54) is 10.6 Å². The van der Waals surface area contributed by atoms with Crippen LogP contribution in [-0.4, -0.2) is 15.6 Å². The Balaban J connectivity index is 2.75. The predicted molar refractivity (Wildman–Crippen MR) is 50.1 cm³/mol. The van der Waals surface area contributed by atoms with Crippen molar-refractivity contribution in [2.45, 2.75) is 13.5 Å². The van der Waals surface area contributed by atoms with Crippen LogP contribution in [0.25, 0.3) is 0 Å². The highest BCUT2D eigenvalue weighted by atomic mass is 32.1. The van der Waals surface area contributed by atoms with Gasteiger partial charge in [0, 0.05) is 23.7 Å². The molecule has 0 atom stereocenters. The van der Waals surface area contributed by atoms with Gasteiger partial charge in [0.1, 0.15) is 0 Å². The molecule has 13 heavy (non-hydrogen) atoms. The van der Waals surface area contributed by atoms with Crippen molar-refractivity contribution in [1.82, 2.24) is 4.57 Å². The molecule has 70 valence electrons. The van der Waals surface area contributed by atoms with Gasteiger partial charge in [0.2, 0.25) is 0 Å². The Bertz CT molecular complexity index is 388. The molecular weight excluding hydrogens is 190 g/mol. The van der Waals surface area contributed by atoms with Gasteiger partial charge in [-0.15, -0.1) is 0 Å². The van der Waals surface area contributed by atoms with Crippen LogP contribution in [0.1, 0.15) is 5.69 Å². The SMILES string of the molecule is Cc1csc(=O)n1CC=CC(=O)O. The number of aromatic nitrogens is 1. The van der Waals surface area contributed by atoms with Gasteiger partial charge >= 0.3 is 10.8 Å². The molecule has 0 radical (unpaired) electrons. The first-order valence-electron chi connectivity index (χ1n) is 3.65. The number of carboxylic acids is 1. The summed E-state index contributed by atoms with van der Waals surface area (Å²) in [6, 6.07) is 0. The molecule has 4 nitrogen and oxygen atoms in total. The van der Waals surface area contributed by atoms with E-state index in [9.17, 15) is 9.59 Å². The molecule has 0 unspecified atom stereocenters. The van der Waals surface area contributed by atoms with Crippen molar-refractivity contribution in [1.29, 1.82) is 0 Å². The molecule has 0 saturated carbocycles. The van der Waals surface area contributed by atoms with Gasteiger partial charge < -0.3 is 5.11 Å². The van der Waals surface area contributed by atoms with Crippen molar-refractivity contribution in [3.63, 3.8) is 0 Å². The van der Waals surface area contributed by atoms with Crippen molar-refractivity contribution in [2.24, 2.45) is 0 Å². The Hall–Kier alpha value is -1.36. The number of rotatable bonds is 3. The number of carbonyl (C=O) groups is 1. The first-order chi connectivity index (χ1) is 6.11. The summed E-state index contributed by atoms with van der Waals surface area (Å²) < 4.78 is 1.52. The van der Waals surface area contributed by atoms with Crippen LogP contribution < -0.4 is 4.87 Å². The van der Waals surface area contributed by atoms with Gasteiger partial charge in [-0.1, -0.05) is 17.4 Å². The predicted octanol–water partition coefficient (Wildman–Crippen LogP) is 0.859. The molecule has 0 spiro atoms. The number of carboxylic acid groups (broad SMARTS) is 1. The molecule has 0 aliphatic carbocycles. The first-order valence-corrected chi connectivity index (χ1v) is 4.53. The number of thiazole rings is 1. The van der Waals surface area contributed by atoms with Crippen LogP contribution in [0.4, 0.5) is 0 Å². The standard InChI is InChI=1S/C8H9NO3S/c1-6-5-13-8(12)9(6)4-2-3-7(10)11/h2-3,5H,4H2,1H3,(H,10,11). The summed E-state index contributed by atoms with van der Waals surface area (Å²) in [5, 5.41) is 10.1. The van der Waals surface area contributed by atoms with Crippen LogP contribution in [0.5, 0.6) is 0 Å². The maximum absolute atomic E-state index is 11.1.